The topological polar surface area (TPSA) is 72.9 Å². The van der Waals surface area contributed by atoms with Crippen molar-refractivity contribution < 1.29 is 14.7 Å². The molecule has 4 fully saturated rings. The lowest BCUT2D eigenvalue weighted by molar-refractivity contribution is -0.139. The summed E-state index contributed by atoms with van der Waals surface area (Å²) in [5.74, 6) is 0.510. The zero-order valence-electron chi connectivity index (χ0n) is 20.1. The molecular formula is C27H38ClN3O3. The van der Waals surface area contributed by atoms with Gasteiger partial charge in [-0.15, -0.1) is 0 Å². The summed E-state index contributed by atoms with van der Waals surface area (Å²) in [6.45, 7) is 2.41. The van der Waals surface area contributed by atoms with Gasteiger partial charge in [0.05, 0.1) is 22.2 Å². The normalized spacial score (nSPS) is 30.7. The van der Waals surface area contributed by atoms with Crippen LogP contribution in [0.1, 0.15) is 77.0 Å². The Bertz CT molecular complexity index is 910. The molecule has 2 aliphatic carbocycles. The monoisotopic (exact) mass is 487 g/mol. The second-order valence-corrected chi connectivity index (χ2v) is 11.4. The van der Waals surface area contributed by atoms with Crippen LogP contribution >= 0.6 is 11.6 Å². The van der Waals surface area contributed by atoms with Crippen molar-refractivity contribution in [3.8, 4) is 0 Å². The van der Waals surface area contributed by atoms with Crippen LogP contribution in [0.15, 0.2) is 18.2 Å². The number of rotatable bonds is 4. The first-order valence-corrected chi connectivity index (χ1v) is 13.7. The van der Waals surface area contributed by atoms with Gasteiger partial charge in [0.25, 0.3) is 0 Å². The van der Waals surface area contributed by atoms with Crippen molar-refractivity contribution in [1.29, 1.82) is 0 Å². The van der Waals surface area contributed by atoms with Gasteiger partial charge in [-0.05, 0) is 76.0 Å². The van der Waals surface area contributed by atoms with Crippen molar-refractivity contribution in [2.24, 2.45) is 11.3 Å². The highest BCUT2D eigenvalue weighted by Gasteiger charge is 2.50. The van der Waals surface area contributed by atoms with Gasteiger partial charge in [0, 0.05) is 37.3 Å². The van der Waals surface area contributed by atoms with E-state index in [-0.39, 0.29) is 29.4 Å². The summed E-state index contributed by atoms with van der Waals surface area (Å²) in [4.78, 5) is 30.6. The van der Waals surface area contributed by atoms with E-state index in [1.807, 2.05) is 18.2 Å². The van der Waals surface area contributed by atoms with E-state index in [2.05, 4.69) is 15.1 Å². The minimum Gasteiger partial charge on any atom is -0.393 e. The maximum atomic E-state index is 13.6. The quantitative estimate of drug-likeness (QED) is 0.628. The van der Waals surface area contributed by atoms with Crippen molar-refractivity contribution >= 4 is 34.8 Å². The first-order chi connectivity index (χ1) is 16.4. The summed E-state index contributed by atoms with van der Waals surface area (Å²) in [6, 6.07) is 6.08. The highest BCUT2D eigenvalue weighted by molar-refractivity contribution is 6.33. The number of likely N-dealkylation sites (tertiary alicyclic amines) is 1. The van der Waals surface area contributed by atoms with Crippen LogP contribution in [0, 0.1) is 11.3 Å². The molecular weight excluding hydrogens is 450 g/mol. The average Bonchev–Trinajstić information content (AvgIpc) is 3.15. The molecule has 5 rings (SSSR count). The third-order valence-corrected chi connectivity index (χ3v) is 9.06. The number of hydrogen-bond donors (Lipinski definition) is 2. The average molecular weight is 488 g/mol. The van der Waals surface area contributed by atoms with Crippen LogP contribution in [0.4, 0.5) is 11.4 Å². The third-order valence-electron chi connectivity index (χ3n) is 8.76. The largest absolute Gasteiger partial charge is 0.393 e. The lowest BCUT2D eigenvalue weighted by Gasteiger charge is -2.41. The molecule has 4 aliphatic rings. The van der Waals surface area contributed by atoms with E-state index in [9.17, 15) is 14.7 Å². The smallest absolute Gasteiger partial charge is 0.230 e. The minimum absolute atomic E-state index is 0.104. The zero-order chi connectivity index (χ0) is 23.7. The number of halogens is 1. The van der Waals surface area contributed by atoms with Gasteiger partial charge in [-0.2, -0.15) is 0 Å². The molecule has 0 radical (unpaired) electrons. The molecule has 7 heteroatoms. The molecule has 1 aromatic rings. The van der Waals surface area contributed by atoms with Gasteiger partial charge in [-0.1, -0.05) is 30.9 Å². The molecule has 0 bridgehead atoms. The van der Waals surface area contributed by atoms with Gasteiger partial charge in [0.2, 0.25) is 11.8 Å². The van der Waals surface area contributed by atoms with Gasteiger partial charge < -0.3 is 20.2 Å². The first-order valence-electron chi connectivity index (χ1n) is 13.3. The van der Waals surface area contributed by atoms with E-state index < -0.39 is 0 Å². The Hall–Kier alpha value is -1.79. The van der Waals surface area contributed by atoms with Crippen LogP contribution in [-0.2, 0) is 9.59 Å². The molecule has 1 spiro atoms. The molecule has 0 aromatic heterocycles. The predicted molar refractivity (Wildman–Crippen MR) is 135 cm³/mol. The number of nitrogens with zero attached hydrogens (tertiary/aromatic N) is 2. The number of carbonyl (C=O) groups excluding carboxylic acids is 2. The number of aliphatic hydroxyl groups is 1. The molecule has 2 amide bonds. The number of hydrogen-bond acceptors (Lipinski definition) is 4. The minimum atomic E-state index is -0.328. The van der Waals surface area contributed by atoms with E-state index in [1.165, 1.54) is 6.42 Å². The van der Waals surface area contributed by atoms with Crippen LogP contribution < -0.4 is 10.2 Å². The summed E-state index contributed by atoms with van der Waals surface area (Å²) >= 11 is 6.72. The third kappa shape index (κ3) is 4.81. The Balaban J connectivity index is 1.24. The van der Waals surface area contributed by atoms with Gasteiger partial charge in [-0.25, -0.2) is 0 Å². The number of benzene rings is 1. The highest BCUT2D eigenvalue weighted by Crippen LogP contribution is 2.44. The molecule has 2 saturated carbocycles. The molecule has 1 atom stereocenters. The molecule has 2 N–H and O–H groups in total. The zero-order valence-corrected chi connectivity index (χ0v) is 20.9. The molecule has 2 heterocycles. The molecule has 186 valence electrons. The Labute approximate surface area is 208 Å². The van der Waals surface area contributed by atoms with Gasteiger partial charge in [0.15, 0.2) is 0 Å². The van der Waals surface area contributed by atoms with Crippen molar-refractivity contribution in [2.45, 2.75) is 89.2 Å². The van der Waals surface area contributed by atoms with Crippen molar-refractivity contribution in [2.75, 3.05) is 29.9 Å². The molecule has 2 saturated heterocycles. The summed E-state index contributed by atoms with van der Waals surface area (Å²) in [6.07, 6.45) is 11.5. The van der Waals surface area contributed by atoms with Gasteiger partial charge in [-0.3, -0.25) is 9.59 Å². The van der Waals surface area contributed by atoms with Gasteiger partial charge in [0.1, 0.15) is 0 Å². The SMILES string of the molecule is O=C(Nc1ccc(N2CCCC3(CCN([C@H]4CC[C@H](O)CC4)C3=O)C2)c(Cl)c1)C1CCCCC1. The number of nitrogens with one attached hydrogen (secondary N) is 1. The summed E-state index contributed by atoms with van der Waals surface area (Å²) < 4.78 is 0. The fraction of sp³-hybridized carbons (Fsp3) is 0.704. The molecule has 2 aliphatic heterocycles. The molecule has 34 heavy (non-hydrogen) atoms. The molecule has 1 aromatic carbocycles. The lowest BCUT2D eigenvalue weighted by Crippen LogP contribution is -2.50. The lowest BCUT2D eigenvalue weighted by atomic mass is 9.78. The second-order valence-electron chi connectivity index (χ2n) is 11.0. The predicted octanol–water partition coefficient (Wildman–Crippen LogP) is 4.98. The van der Waals surface area contributed by atoms with E-state index in [0.29, 0.717) is 17.5 Å². The maximum Gasteiger partial charge on any atom is 0.230 e. The highest BCUT2D eigenvalue weighted by atomic mass is 35.5. The van der Waals surface area contributed by atoms with Crippen LogP contribution in [0.2, 0.25) is 5.02 Å². The standard InChI is InChI=1S/C27H38ClN3O3/c28-23-17-20(29-25(33)19-5-2-1-3-6-19)7-12-24(23)30-15-4-13-27(18-30)14-16-31(26(27)34)21-8-10-22(32)11-9-21/h7,12,17,19,21-22,32H,1-6,8-11,13-16,18H2,(H,29,33)/t21-,22-,27?. The van der Waals surface area contributed by atoms with Crippen LogP contribution in [0.3, 0.4) is 0 Å². The Morgan fingerprint density at radius 2 is 1.76 bits per heavy atom. The summed E-state index contributed by atoms with van der Waals surface area (Å²) in [5.41, 5.74) is 1.37. The fourth-order valence-corrected chi connectivity index (χ4v) is 7.03. The number of carbonyl (C=O) groups is 2. The van der Waals surface area contributed by atoms with Crippen molar-refractivity contribution in [1.82, 2.24) is 4.90 Å². The summed E-state index contributed by atoms with van der Waals surface area (Å²) in [7, 11) is 0. The Kier molecular flexibility index (Phi) is 7.08. The summed E-state index contributed by atoms with van der Waals surface area (Å²) in [5, 5.41) is 13.5. The molecule has 1 unspecified atom stereocenters. The number of aliphatic hydroxyl groups excluding tert-OH is 1. The van der Waals surface area contributed by atoms with E-state index >= 15 is 0 Å². The van der Waals surface area contributed by atoms with Crippen LogP contribution in [-0.4, -0.2) is 53.6 Å². The Morgan fingerprint density at radius 1 is 1.00 bits per heavy atom. The van der Waals surface area contributed by atoms with Gasteiger partial charge >= 0.3 is 0 Å². The van der Waals surface area contributed by atoms with Crippen LogP contribution in [0.5, 0.6) is 0 Å². The fourth-order valence-electron chi connectivity index (χ4n) is 6.73. The Morgan fingerprint density at radius 3 is 2.50 bits per heavy atom. The second kappa shape index (κ2) is 10.1. The van der Waals surface area contributed by atoms with Crippen LogP contribution in [0.25, 0.3) is 0 Å². The maximum absolute atomic E-state index is 13.6. The molecule has 6 nitrogen and oxygen atoms in total. The number of piperidine rings is 1. The van der Waals surface area contributed by atoms with E-state index in [4.69, 9.17) is 11.6 Å². The van der Waals surface area contributed by atoms with E-state index in [0.717, 1.165) is 95.1 Å². The van der Waals surface area contributed by atoms with Crippen molar-refractivity contribution in [3.05, 3.63) is 23.2 Å². The first kappa shape index (κ1) is 23.9. The number of amides is 2. The number of anilines is 2. The van der Waals surface area contributed by atoms with Crippen molar-refractivity contribution in [3.63, 3.8) is 0 Å². The van der Waals surface area contributed by atoms with E-state index in [1.54, 1.807) is 0 Å².